The molecular weight excluding hydrogens is 286 g/mol. The highest BCUT2D eigenvalue weighted by Gasteiger charge is 2.29. The number of nitrogens with one attached hydrogen (secondary N) is 1. The summed E-state index contributed by atoms with van der Waals surface area (Å²) in [5, 5.41) is 12.5. The van der Waals surface area contributed by atoms with Gasteiger partial charge in [-0.1, -0.05) is 41.6 Å². The van der Waals surface area contributed by atoms with Crippen LogP contribution in [0.1, 0.15) is 23.5 Å². The number of primary amides is 1. The first-order chi connectivity index (χ1) is 10.0. The Hall–Kier alpha value is -2.26. The second-order valence-corrected chi connectivity index (χ2v) is 5.81. The largest absolute Gasteiger partial charge is 0.369 e. The van der Waals surface area contributed by atoms with Gasteiger partial charge in [0, 0.05) is 12.3 Å². The molecule has 1 aromatic rings. The van der Waals surface area contributed by atoms with E-state index < -0.39 is 5.91 Å². The quantitative estimate of drug-likeness (QED) is 0.882. The summed E-state index contributed by atoms with van der Waals surface area (Å²) in [5.41, 5.74) is 7.63. The van der Waals surface area contributed by atoms with Crippen molar-refractivity contribution in [1.29, 1.82) is 5.26 Å². The molecule has 0 aliphatic carbocycles. The molecule has 0 spiro atoms. The lowest BCUT2D eigenvalue weighted by Gasteiger charge is -2.25. The molecule has 2 rings (SSSR count). The van der Waals surface area contributed by atoms with Crippen molar-refractivity contribution in [2.24, 2.45) is 5.73 Å². The summed E-state index contributed by atoms with van der Waals surface area (Å²) in [6.45, 7) is 1.98. The Morgan fingerprint density at radius 3 is 2.71 bits per heavy atom. The zero-order valence-electron chi connectivity index (χ0n) is 11.6. The van der Waals surface area contributed by atoms with Crippen molar-refractivity contribution in [2.75, 3.05) is 5.75 Å². The van der Waals surface area contributed by atoms with Gasteiger partial charge in [-0.2, -0.15) is 5.26 Å². The normalized spacial score (nSPS) is 18.1. The van der Waals surface area contributed by atoms with Gasteiger partial charge in [0.05, 0.1) is 22.4 Å². The molecule has 0 bridgehead atoms. The lowest BCUT2D eigenvalue weighted by Crippen LogP contribution is -2.31. The summed E-state index contributed by atoms with van der Waals surface area (Å²) in [6, 6.07) is 9.90. The van der Waals surface area contributed by atoms with Crippen molar-refractivity contribution < 1.29 is 9.59 Å². The van der Waals surface area contributed by atoms with E-state index in [2.05, 4.69) is 11.4 Å². The third kappa shape index (κ3) is 3.64. The summed E-state index contributed by atoms with van der Waals surface area (Å²) >= 11 is 1.09. The van der Waals surface area contributed by atoms with Crippen molar-refractivity contribution in [3.63, 3.8) is 0 Å². The fraction of sp³-hybridized carbons (Fsp3) is 0.267. The van der Waals surface area contributed by atoms with E-state index in [0.717, 1.165) is 22.9 Å². The Kier molecular flexibility index (Phi) is 4.66. The molecule has 0 saturated carbocycles. The lowest BCUT2D eigenvalue weighted by atomic mass is 9.87. The van der Waals surface area contributed by atoms with Gasteiger partial charge >= 0.3 is 0 Å². The van der Waals surface area contributed by atoms with Crippen molar-refractivity contribution in [3.8, 4) is 6.07 Å². The number of hydrogen-bond donors (Lipinski definition) is 2. The Labute approximate surface area is 127 Å². The number of aryl methyl sites for hydroxylation is 1. The Balaban J connectivity index is 2.36. The predicted octanol–water partition coefficient (Wildman–Crippen LogP) is 1.55. The maximum absolute atomic E-state index is 11.8. The van der Waals surface area contributed by atoms with Crippen LogP contribution in [0.25, 0.3) is 0 Å². The molecule has 1 aromatic carbocycles. The summed E-state index contributed by atoms with van der Waals surface area (Å²) in [7, 11) is 0. The molecule has 3 N–H and O–H groups in total. The molecule has 0 radical (unpaired) electrons. The highest BCUT2D eigenvalue weighted by atomic mass is 32.2. The summed E-state index contributed by atoms with van der Waals surface area (Å²) in [6.07, 6.45) is 0.229. The van der Waals surface area contributed by atoms with Crippen molar-refractivity contribution >= 4 is 23.6 Å². The van der Waals surface area contributed by atoms with Crippen LogP contribution < -0.4 is 11.1 Å². The van der Waals surface area contributed by atoms with Crippen LogP contribution in [0.2, 0.25) is 0 Å². The SMILES string of the molecule is Cc1ccc([C@@H]2CC(=O)NC(SCC(N)=O)=C2C#N)cc1. The molecule has 5 nitrogen and oxygen atoms in total. The third-order valence-corrected chi connectivity index (χ3v) is 4.23. The molecule has 1 atom stereocenters. The van der Waals surface area contributed by atoms with E-state index in [0.29, 0.717) is 10.6 Å². The number of allylic oxidation sites excluding steroid dienone is 1. The lowest BCUT2D eigenvalue weighted by molar-refractivity contribution is -0.121. The van der Waals surface area contributed by atoms with Gasteiger partial charge < -0.3 is 11.1 Å². The van der Waals surface area contributed by atoms with Gasteiger partial charge in [0.2, 0.25) is 11.8 Å². The van der Waals surface area contributed by atoms with Gasteiger partial charge in [-0.3, -0.25) is 9.59 Å². The molecule has 21 heavy (non-hydrogen) atoms. The number of nitrogens with two attached hydrogens (primary N) is 1. The molecule has 6 heteroatoms. The number of nitriles is 1. The maximum atomic E-state index is 11.8. The average molecular weight is 301 g/mol. The number of rotatable bonds is 4. The second kappa shape index (κ2) is 6.46. The van der Waals surface area contributed by atoms with E-state index in [1.807, 2.05) is 31.2 Å². The van der Waals surface area contributed by atoms with Crippen LogP contribution in [0.4, 0.5) is 0 Å². The van der Waals surface area contributed by atoms with Gasteiger partial charge in [0.1, 0.15) is 0 Å². The van der Waals surface area contributed by atoms with Crippen LogP contribution in [0.5, 0.6) is 0 Å². The van der Waals surface area contributed by atoms with E-state index >= 15 is 0 Å². The summed E-state index contributed by atoms with van der Waals surface area (Å²) in [5.74, 6) is -0.899. The molecule has 0 aromatic heterocycles. The number of hydrogen-bond acceptors (Lipinski definition) is 4. The Morgan fingerprint density at radius 1 is 1.48 bits per heavy atom. The van der Waals surface area contributed by atoms with E-state index in [4.69, 9.17) is 5.73 Å². The maximum Gasteiger partial charge on any atom is 0.227 e. The first kappa shape index (κ1) is 15.1. The fourth-order valence-electron chi connectivity index (χ4n) is 2.16. The topological polar surface area (TPSA) is 96.0 Å². The van der Waals surface area contributed by atoms with Gasteiger partial charge in [-0.15, -0.1) is 0 Å². The zero-order chi connectivity index (χ0) is 15.4. The van der Waals surface area contributed by atoms with E-state index in [-0.39, 0.29) is 24.0 Å². The summed E-state index contributed by atoms with van der Waals surface area (Å²) in [4.78, 5) is 22.7. The molecule has 1 aliphatic heterocycles. The zero-order valence-corrected chi connectivity index (χ0v) is 12.4. The minimum Gasteiger partial charge on any atom is -0.369 e. The predicted molar refractivity (Wildman–Crippen MR) is 81.0 cm³/mol. The van der Waals surface area contributed by atoms with E-state index in [1.54, 1.807) is 0 Å². The number of thioether (sulfide) groups is 1. The smallest absolute Gasteiger partial charge is 0.227 e. The van der Waals surface area contributed by atoms with E-state index in [1.165, 1.54) is 0 Å². The van der Waals surface area contributed by atoms with E-state index in [9.17, 15) is 14.9 Å². The van der Waals surface area contributed by atoms with Gasteiger partial charge in [-0.25, -0.2) is 0 Å². The first-order valence-corrected chi connectivity index (χ1v) is 7.41. The standard InChI is InChI=1S/C15H15N3O2S/c1-9-2-4-10(5-3-9)11-6-14(20)18-15(12(11)7-16)21-8-13(17)19/h2-5,11H,6,8H2,1H3,(H2,17,19)(H,18,20)/t11-/m0/s1. The monoisotopic (exact) mass is 301 g/mol. The number of benzene rings is 1. The molecule has 0 saturated heterocycles. The molecular formula is C15H15N3O2S. The van der Waals surface area contributed by atoms with Crippen LogP contribution in [0, 0.1) is 18.3 Å². The van der Waals surface area contributed by atoms with Crippen LogP contribution in [0.3, 0.4) is 0 Å². The van der Waals surface area contributed by atoms with Gasteiger partial charge in [0.25, 0.3) is 0 Å². The Morgan fingerprint density at radius 2 is 2.14 bits per heavy atom. The summed E-state index contributed by atoms with van der Waals surface area (Å²) < 4.78 is 0. The molecule has 0 unspecified atom stereocenters. The molecule has 1 aliphatic rings. The fourth-order valence-corrected chi connectivity index (χ4v) is 2.98. The van der Waals surface area contributed by atoms with Crippen molar-refractivity contribution in [3.05, 3.63) is 46.0 Å². The highest BCUT2D eigenvalue weighted by molar-refractivity contribution is 8.03. The van der Waals surface area contributed by atoms with Crippen LogP contribution in [-0.4, -0.2) is 17.6 Å². The van der Waals surface area contributed by atoms with Crippen molar-refractivity contribution in [1.82, 2.24) is 5.32 Å². The first-order valence-electron chi connectivity index (χ1n) is 6.43. The van der Waals surface area contributed by atoms with Crippen LogP contribution in [-0.2, 0) is 9.59 Å². The van der Waals surface area contributed by atoms with Crippen molar-refractivity contribution in [2.45, 2.75) is 19.3 Å². The number of nitrogens with zero attached hydrogens (tertiary/aromatic N) is 1. The molecule has 1 heterocycles. The highest BCUT2D eigenvalue weighted by Crippen LogP contribution is 2.35. The van der Waals surface area contributed by atoms with Crippen LogP contribution in [0.15, 0.2) is 34.9 Å². The number of carbonyl (C=O) groups is 2. The molecule has 108 valence electrons. The minimum atomic E-state index is -0.489. The van der Waals surface area contributed by atoms with Crippen LogP contribution >= 0.6 is 11.8 Å². The van der Waals surface area contributed by atoms with Gasteiger partial charge in [-0.05, 0) is 12.5 Å². The average Bonchev–Trinajstić information content (AvgIpc) is 2.45. The van der Waals surface area contributed by atoms with Gasteiger partial charge in [0.15, 0.2) is 0 Å². The number of carbonyl (C=O) groups excluding carboxylic acids is 2. The second-order valence-electron chi connectivity index (χ2n) is 4.83. The number of amides is 2. The molecule has 2 amide bonds. The molecule has 0 fully saturated rings. The minimum absolute atomic E-state index is 0.0292. The third-order valence-electron chi connectivity index (χ3n) is 3.19. The Bertz CT molecular complexity index is 644.